The number of alkyl halides is 1. The lowest BCUT2D eigenvalue weighted by Crippen LogP contribution is -2.33. The van der Waals surface area contributed by atoms with Gasteiger partial charge in [0.15, 0.2) is 0 Å². The summed E-state index contributed by atoms with van der Waals surface area (Å²) in [6.07, 6.45) is 12.8. The molecule has 0 amide bonds. The molecule has 2 aromatic carbocycles. The van der Waals surface area contributed by atoms with Gasteiger partial charge in [-0.15, -0.1) is 11.6 Å². The molecule has 3 saturated carbocycles. The molecule has 6 rings (SSSR count). The molecule has 0 aromatic heterocycles. The van der Waals surface area contributed by atoms with Crippen LogP contribution in [-0.2, 0) is 57.9 Å². The molecule has 1 aliphatic heterocycles. The van der Waals surface area contributed by atoms with Crippen molar-refractivity contribution >= 4 is 76.9 Å². The number of hydrogen-bond donors (Lipinski definition) is 0. The van der Waals surface area contributed by atoms with Gasteiger partial charge in [0.1, 0.15) is 47.2 Å². The fourth-order valence-electron chi connectivity index (χ4n) is 10.1. The Morgan fingerprint density at radius 3 is 1.67 bits per heavy atom. The Labute approximate surface area is 488 Å². The molecule has 4 aliphatic rings. The Balaban J connectivity index is 0.961. The smallest absolute Gasteiger partial charge is 0.338 e. The molecule has 2 aromatic rings. The highest BCUT2D eigenvalue weighted by Gasteiger charge is 2.39. The average Bonchev–Trinajstić information content (AvgIpc) is 3.92. The number of allylic oxidation sites excluding steroid dienone is 1. The van der Waals surface area contributed by atoms with Crippen LogP contribution in [0.25, 0.3) is 0 Å². The van der Waals surface area contributed by atoms with Crippen LogP contribution in [0.15, 0.2) is 62.6 Å². The van der Waals surface area contributed by atoms with Crippen LogP contribution in [0.5, 0.6) is 17.2 Å². The predicted octanol–water partition coefficient (Wildman–Crippen LogP) is 12.5. The molecule has 0 saturated heterocycles. The lowest BCUT2D eigenvalue weighted by atomic mass is 9.82. The van der Waals surface area contributed by atoms with Crippen LogP contribution in [0, 0.1) is 46.3 Å². The Kier molecular flexibility index (Phi) is 25.8. The number of carbonyl (C=O) groups excluding carboxylic acids is 7. The molecule has 0 unspecified atom stereocenters. The maximum atomic E-state index is 14.1. The Morgan fingerprint density at radius 2 is 1.11 bits per heavy atom. The van der Waals surface area contributed by atoms with Gasteiger partial charge < -0.3 is 37.9 Å². The van der Waals surface area contributed by atoms with Gasteiger partial charge in [0.2, 0.25) is 0 Å². The lowest BCUT2D eigenvalue weighted by molar-refractivity contribution is -0.160. The molecule has 1 heterocycles. The minimum atomic E-state index is -0.629. The largest absolute Gasteiger partial charge is 0.494 e. The molecule has 0 bridgehead atoms. The van der Waals surface area contributed by atoms with Crippen molar-refractivity contribution in [1.29, 1.82) is 10.5 Å². The van der Waals surface area contributed by atoms with Crippen molar-refractivity contribution in [3.05, 3.63) is 63.9 Å². The number of benzene rings is 2. The number of thioether (sulfide) groups is 2. The predicted molar refractivity (Wildman–Crippen MR) is 302 cm³/mol. The Hall–Kier alpha value is -6.02. The Bertz CT molecular complexity index is 2630. The first kappa shape index (κ1) is 64.2. The van der Waals surface area contributed by atoms with E-state index in [2.05, 4.69) is 6.58 Å². The van der Waals surface area contributed by atoms with E-state index in [-0.39, 0.29) is 65.2 Å². The molecule has 0 N–H and O–H groups in total. The second kappa shape index (κ2) is 32.6. The van der Waals surface area contributed by atoms with Gasteiger partial charge in [0.05, 0.1) is 76.1 Å². The number of hydrogen-bond acceptors (Lipinski definition) is 19. The van der Waals surface area contributed by atoms with Crippen LogP contribution in [-0.4, -0.2) is 86.3 Å². The van der Waals surface area contributed by atoms with E-state index in [0.29, 0.717) is 141 Å². The third-order valence-electron chi connectivity index (χ3n) is 14.8. The standard InChI is InChI=1S/C61H75ClN2O15S2/c1-5-50(65)73-33-11-7-6-10-32-72-45-24-18-41(19-25-45)57(69)77-47-28-22-43(23-29-47)59(71)79-52-48(61(2,3)4)36-49(53-54(52)81-60(80-53)44(37-63)38-64)78-58(70)42-20-26-46(27-21-42)76-56(68)40-16-14-39(15-17-40)55(67)75-35-13-9-8-12-34-74-51(66)30-31-62/h5,18-19,24-25,36,39-40,42-43,46-47H,1,6-17,20-23,26-35H2,2-4H3. The van der Waals surface area contributed by atoms with Gasteiger partial charge in [-0.2, -0.15) is 10.5 Å². The van der Waals surface area contributed by atoms with E-state index in [0.717, 1.165) is 74.5 Å². The normalized spacial score (nSPS) is 20.4. The minimum Gasteiger partial charge on any atom is -0.494 e. The maximum absolute atomic E-state index is 14.1. The van der Waals surface area contributed by atoms with Crippen molar-refractivity contribution < 1.29 is 71.5 Å². The van der Waals surface area contributed by atoms with E-state index in [1.165, 1.54) is 0 Å². The number of nitrogens with zero attached hydrogens (tertiary/aromatic N) is 2. The topological polar surface area (TPSA) is 241 Å². The summed E-state index contributed by atoms with van der Waals surface area (Å²) in [6, 6.07) is 12.4. The van der Waals surface area contributed by atoms with Gasteiger partial charge in [0.25, 0.3) is 0 Å². The highest BCUT2D eigenvalue weighted by Crippen LogP contribution is 2.61. The minimum absolute atomic E-state index is 0.129. The molecule has 81 heavy (non-hydrogen) atoms. The van der Waals surface area contributed by atoms with Crippen LogP contribution in [0.1, 0.15) is 172 Å². The van der Waals surface area contributed by atoms with E-state index in [1.807, 2.05) is 32.9 Å². The van der Waals surface area contributed by atoms with Crippen molar-refractivity contribution in [1.82, 2.24) is 0 Å². The van der Waals surface area contributed by atoms with Crippen LogP contribution in [0.4, 0.5) is 0 Å². The number of rotatable bonds is 27. The van der Waals surface area contributed by atoms with Gasteiger partial charge in [-0.25, -0.2) is 9.59 Å². The zero-order valence-electron chi connectivity index (χ0n) is 46.7. The lowest BCUT2D eigenvalue weighted by Gasteiger charge is -2.31. The van der Waals surface area contributed by atoms with E-state index in [1.54, 1.807) is 30.3 Å². The summed E-state index contributed by atoms with van der Waals surface area (Å²) in [4.78, 5) is 90.7. The molecular weight excluding hydrogens is 1100 g/mol. The fourth-order valence-corrected chi connectivity index (χ4v) is 12.7. The SMILES string of the molecule is C=CC(=O)OCCCCCCOc1ccc(C(=O)OC2CCC(C(=O)Oc3c(C(C)(C)C)cc(OC(=O)C4CCC(OC(=O)C5CCC(C(=O)OCCCCCCOC(=O)CCCl)CC5)CC4)c4c3SC(=C(C#N)C#N)S4)CC2)cc1. The number of esters is 7. The van der Waals surface area contributed by atoms with Crippen LogP contribution >= 0.6 is 35.1 Å². The van der Waals surface area contributed by atoms with Crippen LogP contribution in [0.2, 0.25) is 0 Å². The third-order valence-corrected chi connectivity index (χ3v) is 17.6. The van der Waals surface area contributed by atoms with Crippen molar-refractivity contribution in [2.24, 2.45) is 23.7 Å². The summed E-state index contributed by atoms with van der Waals surface area (Å²) in [5, 5.41) is 19.7. The van der Waals surface area contributed by atoms with E-state index in [9.17, 15) is 44.1 Å². The monoisotopic (exact) mass is 1170 g/mol. The summed E-state index contributed by atoms with van der Waals surface area (Å²) in [5.41, 5.74) is 0.214. The third kappa shape index (κ3) is 19.8. The molecular formula is C61H75ClN2O15S2. The molecule has 0 atom stereocenters. The number of nitriles is 2. The van der Waals surface area contributed by atoms with Crippen molar-refractivity contribution in [3.63, 3.8) is 0 Å². The van der Waals surface area contributed by atoms with E-state index in [4.69, 9.17) is 49.5 Å². The van der Waals surface area contributed by atoms with Crippen LogP contribution < -0.4 is 14.2 Å². The maximum Gasteiger partial charge on any atom is 0.338 e. The average molecular weight is 1180 g/mol. The molecule has 17 nitrogen and oxygen atoms in total. The van der Waals surface area contributed by atoms with Gasteiger partial charge in [0, 0.05) is 17.5 Å². The molecule has 0 spiro atoms. The molecule has 0 radical (unpaired) electrons. The van der Waals surface area contributed by atoms with Crippen molar-refractivity contribution in [3.8, 4) is 29.4 Å². The molecule has 438 valence electrons. The summed E-state index contributed by atoms with van der Waals surface area (Å²) in [6.45, 7) is 10.8. The zero-order valence-corrected chi connectivity index (χ0v) is 49.1. The number of ether oxygens (including phenoxy) is 8. The fraction of sp³-hybridized carbons (Fsp3) is 0.590. The summed E-state index contributed by atoms with van der Waals surface area (Å²) >= 11 is 7.78. The van der Waals surface area contributed by atoms with Gasteiger partial charge in [-0.05, 0) is 164 Å². The second-order valence-electron chi connectivity index (χ2n) is 21.8. The van der Waals surface area contributed by atoms with Crippen molar-refractivity contribution in [2.75, 3.05) is 32.3 Å². The van der Waals surface area contributed by atoms with E-state index < -0.39 is 47.2 Å². The zero-order chi connectivity index (χ0) is 58.3. The second-order valence-corrected chi connectivity index (χ2v) is 24.5. The number of unbranched alkanes of at least 4 members (excludes halogenated alkanes) is 6. The number of fused-ring (bicyclic) bond motifs is 1. The highest BCUT2D eigenvalue weighted by molar-refractivity contribution is 8.24. The number of carbonyl (C=O) groups is 7. The van der Waals surface area contributed by atoms with E-state index >= 15 is 0 Å². The molecule has 3 fully saturated rings. The number of halogens is 1. The first-order valence-electron chi connectivity index (χ1n) is 28.4. The summed E-state index contributed by atoms with van der Waals surface area (Å²) in [5.74, 6) is -2.86. The van der Waals surface area contributed by atoms with Gasteiger partial charge >= 0.3 is 41.8 Å². The summed E-state index contributed by atoms with van der Waals surface area (Å²) in [7, 11) is 0. The van der Waals surface area contributed by atoms with Gasteiger partial charge in [-0.1, -0.05) is 50.9 Å². The first-order valence-corrected chi connectivity index (χ1v) is 30.5. The molecule has 20 heteroatoms. The quantitative estimate of drug-likeness (QED) is 0.0154. The highest BCUT2D eigenvalue weighted by atomic mass is 35.5. The first-order chi connectivity index (χ1) is 39.0. The summed E-state index contributed by atoms with van der Waals surface area (Å²) < 4.78 is 46.2. The van der Waals surface area contributed by atoms with Crippen LogP contribution in [0.3, 0.4) is 0 Å². The molecule has 3 aliphatic carbocycles. The van der Waals surface area contributed by atoms with Gasteiger partial charge in [-0.3, -0.25) is 24.0 Å². The van der Waals surface area contributed by atoms with Crippen molar-refractivity contribution in [2.45, 2.75) is 183 Å². The Morgan fingerprint density at radius 1 is 0.617 bits per heavy atom.